The minimum Gasteiger partial charge on any atom is -0.383 e. The quantitative estimate of drug-likeness (QED) is 0.805. The van der Waals surface area contributed by atoms with Crippen molar-refractivity contribution in [3.8, 4) is 0 Å². The molecule has 0 bridgehead atoms. The summed E-state index contributed by atoms with van der Waals surface area (Å²) in [6.07, 6.45) is 2.55. The first-order chi connectivity index (χ1) is 9.60. The van der Waals surface area contributed by atoms with Gasteiger partial charge in [-0.3, -0.25) is 4.79 Å². The Morgan fingerprint density at radius 3 is 2.45 bits per heavy atom. The van der Waals surface area contributed by atoms with Crippen LogP contribution in [-0.4, -0.2) is 31.7 Å². The van der Waals surface area contributed by atoms with Gasteiger partial charge in [-0.1, -0.05) is 0 Å². The molecule has 0 spiro atoms. The standard InChI is InChI=1S/C16H24N2O2/c1-11(2)17-16(19)13-6-8-14(9-7-13)18-15(10-20-3)12-4-5-12/h6-9,11-12,15,18H,4-5,10H2,1-3H3,(H,17,19). The molecule has 0 saturated heterocycles. The van der Waals surface area contributed by atoms with Crippen molar-refractivity contribution in [1.29, 1.82) is 0 Å². The van der Waals surface area contributed by atoms with E-state index in [9.17, 15) is 4.79 Å². The number of methoxy groups -OCH3 is 1. The molecule has 1 saturated carbocycles. The van der Waals surface area contributed by atoms with Crippen LogP contribution in [0.2, 0.25) is 0 Å². The maximum Gasteiger partial charge on any atom is 0.251 e. The van der Waals surface area contributed by atoms with Crippen LogP contribution in [0.1, 0.15) is 37.0 Å². The van der Waals surface area contributed by atoms with E-state index in [1.54, 1.807) is 7.11 Å². The highest BCUT2D eigenvalue weighted by molar-refractivity contribution is 5.94. The SMILES string of the molecule is COCC(Nc1ccc(C(=O)NC(C)C)cc1)C1CC1. The molecule has 4 heteroatoms. The third-order valence-corrected chi connectivity index (χ3v) is 3.46. The molecular weight excluding hydrogens is 252 g/mol. The Kier molecular flexibility index (Phi) is 5.01. The van der Waals surface area contributed by atoms with E-state index in [1.807, 2.05) is 38.1 Å². The van der Waals surface area contributed by atoms with Gasteiger partial charge in [-0.2, -0.15) is 0 Å². The number of anilines is 1. The molecule has 2 N–H and O–H groups in total. The van der Waals surface area contributed by atoms with E-state index >= 15 is 0 Å². The molecule has 0 aromatic heterocycles. The molecule has 0 radical (unpaired) electrons. The van der Waals surface area contributed by atoms with Crippen molar-refractivity contribution < 1.29 is 9.53 Å². The number of amides is 1. The Balaban J connectivity index is 1.95. The summed E-state index contributed by atoms with van der Waals surface area (Å²) in [4.78, 5) is 11.9. The first-order valence-electron chi connectivity index (χ1n) is 7.26. The highest BCUT2D eigenvalue weighted by atomic mass is 16.5. The minimum atomic E-state index is -0.0258. The van der Waals surface area contributed by atoms with Gasteiger partial charge in [0, 0.05) is 24.4 Å². The summed E-state index contributed by atoms with van der Waals surface area (Å²) >= 11 is 0. The lowest BCUT2D eigenvalue weighted by molar-refractivity contribution is 0.0943. The fourth-order valence-corrected chi connectivity index (χ4v) is 2.25. The molecule has 1 aromatic carbocycles. The zero-order valence-corrected chi connectivity index (χ0v) is 12.5. The first kappa shape index (κ1) is 14.9. The van der Waals surface area contributed by atoms with Gasteiger partial charge in [-0.25, -0.2) is 0 Å². The second-order valence-corrected chi connectivity index (χ2v) is 5.75. The molecule has 1 amide bonds. The van der Waals surface area contributed by atoms with E-state index in [4.69, 9.17) is 4.74 Å². The number of ether oxygens (including phenoxy) is 1. The molecular formula is C16H24N2O2. The summed E-state index contributed by atoms with van der Waals surface area (Å²) < 4.78 is 5.26. The largest absolute Gasteiger partial charge is 0.383 e. The Hall–Kier alpha value is -1.55. The lowest BCUT2D eigenvalue weighted by Crippen LogP contribution is -2.30. The van der Waals surface area contributed by atoms with Gasteiger partial charge >= 0.3 is 0 Å². The Morgan fingerprint density at radius 2 is 1.95 bits per heavy atom. The maximum absolute atomic E-state index is 11.9. The van der Waals surface area contributed by atoms with E-state index in [-0.39, 0.29) is 11.9 Å². The molecule has 0 heterocycles. The molecule has 1 unspecified atom stereocenters. The topological polar surface area (TPSA) is 50.4 Å². The Morgan fingerprint density at radius 1 is 1.30 bits per heavy atom. The number of benzene rings is 1. The number of rotatable bonds is 7. The smallest absolute Gasteiger partial charge is 0.251 e. The van der Waals surface area contributed by atoms with Crippen LogP contribution < -0.4 is 10.6 Å². The lowest BCUT2D eigenvalue weighted by Gasteiger charge is -2.18. The van der Waals surface area contributed by atoms with Gasteiger partial charge in [-0.05, 0) is 56.9 Å². The van der Waals surface area contributed by atoms with E-state index < -0.39 is 0 Å². The molecule has 1 atom stereocenters. The van der Waals surface area contributed by atoms with Crippen molar-refractivity contribution in [2.75, 3.05) is 19.0 Å². The van der Waals surface area contributed by atoms with E-state index in [1.165, 1.54) is 12.8 Å². The fraction of sp³-hybridized carbons (Fsp3) is 0.562. The summed E-state index contributed by atoms with van der Waals surface area (Å²) in [5.74, 6) is 0.695. The van der Waals surface area contributed by atoms with Crippen LogP contribution in [0, 0.1) is 5.92 Å². The maximum atomic E-state index is 11.9. The lowest BCUT2D eigenvalue weighted by atomic mass is 10.1. The highest BCUT2D eigenvalue weighted by Gasteiger charge is 2.31. The molecule has 1 aliphatic carbocycles. The normalized spacial score (nSPS) is 16.0. The van der Waals surface area contributed by atoms with Crippen LogP contribution in [-0.2, 0) is 4.74 Å². The van der Waals surface area contributed by atoms with E-state index in [0.717, 1.165) is 18.2 Å². The molecule has 4 nitrogen and oxygen atoms in total. The molecule has 20 heavy (non-hydrogen) atoms. The number of carbonyl (C=O) groups is 1. The zero-order chi connectivity index (χ0) is 14.5. The zero-order valence-electron chi connectivity index (χ0n) is 12.5. The van der Waals surface area contributed by atoms with E-state index in [2.05, 4.69) is 10.6 Å². The fourth-order valence-electron chi connectivity index (χ4n) is 2.25. The third-order valence-electron chi connectivity index (χ3n) is 3.46. The third kappa shape index (κ3) is 4.23. The van der Waals surface area contributed by atoms with Crippen LogP contribution in [0.15, 0.2) is 24.3 Å². The summed E-state index contributed by atoms with van der Waals surface area (Å²) in [5, 5.41) is 6.38. The molecule has 110 valence electrons. The van der Waals surface area contributed by atoms with Gasteiger partial charge < -0.3 is 15.4 Å². The van der Waals surface area contributed by atoms with Crippen LogP contribution in [0.3, 0.4) is 0 Å². The molecule has 2 rings (SSSR count). The van der Waals surface area contributed by atoms with Crippen LogP contribution in [0.4, 0.5) is 5.69 Å². The summed E-state index contributed by atoms with van der Waals surface area (Å²) in [6.45, 7) is 4.64. The van der Waals surface area contributed by atoms with Crippen LogP contribution >= 0.6 is 0 Å². The van der Waals surface area contributed by atoms with Gasteiger partial charge in [0.2, 0.25) is 0 Å². The first-order valence-corrected chi connectivity index (χ1v) is 7.26. The van der Waals surface area contributed by atoms with Crippen molar-refractivity contribution in [2.24, 2.45) is 5.92 Å². The number of hydrogen-bond acceptors (Lipinski definition) is 3. The summed E-state index contributed by atoms with van der Waals surface area (Å²) in [6, 6.07) is 8.16. The number of carbonyl (C=O) groups excluding carboxylic acids is 1. The van der Waals surface area contributed by atoms with Crippen molar-refractivity contribution in [3.05, 3.63) is 29.8 Å². The van der Waals surface area contributed by atoms with Crippen LogP contribution in [0.25, 0.3) is 0 Å². The van der Waals surface area contributed by atoms with Crippen molar-refractivity contribution in [3.63, 3.8) is 0 Å². The van der Waals surface area contributed by atoms with Gasteiger partial charge in [0.05, 0.1) is 12.6 Å². The second-order valence-electron chi connectivity index (χ2n) is 5.75. The second kappa shape index (κ2) is 6.75. The number of hydrogen-bond donors (Lipinski definition) is 2. The summed E-state index contributed by atoms with van der Waals surface area (Å²) in [7, 11) is 1.73. The van der Waals surface area contributed by atoms with Crippen molar-refractivity contribution in [1.82, 2.24) is 5.32 Å². The van der Waals surface area contributed by atoms with Gasteiger partial charge in [0.25, 0.3) is 5.91 Å². The predicted molar refractivity (Wildman–Crippen MR) is 81.1 cm³/mol. The molecule has 1 aromatic rings. The van der Waals surface area contributed by atoms with Crippen LogP contribution in [0.5, 0.6) is 0 Å². The highest BCUT2D eigenvalue weighted by Crippen LogP contribution is 2.34. The minimum absolute atomic E-state index is 0.0258. The average molecular weight is 276 g/mol. The summed E-state index contributed by atoms with van der Waals surface area (Å²) in [5.41, 5.74) is 1.74. The van der Waals surface area contributed by atoms with Gasteiger partial charge in [-0.15, -0.1) is 0 Å². The van der Waals surface area contributed by atoms with Crippen molar-refractivity contribution in [2.45, 2.75) is 38.8 Å². The molecule has 1 fully saturated rings. The van der Waals surface area contributed by atoms with Gasteiger partial charge in [0.1, 0.15) is 0 Å². The number of nitrogens with one attached hydrogen (secondary N) is 2. The van der Waals surface area contributed by atoms with Gasteiger partial charge in [0.15, 0.2) is 0 Å². The molecule has 1 aliphatic rings. The monoisotopic (exact) mass is 276 g/mol. The average Bonchev–Trinajstić information content (AvgIpc) is 3.22. The molecule has 0 aliphatic heterocycles. The Bertz CT molecular complexity index is 438. The van der Waals surface area contributed by atoms with E-state index in [0.29, 0.717) is 11.6 Å². The Labute approximate surface area is 120 Å². The predicted octanol–water partition coefficient (Wildman–Crippen LogP) is 2.66. The van der Waals surface area contributed by atoms with Crippen molar-refractivity contribution >= 4 is 11.6 Å².